The molecule has 0 saturated heterocycles. The average Bonchev–Trinajstić information content (AvgIpc) is 2.79. The Morgan fingerprint density at radius 2 is 1.85 bits per heavy atom. The van der Waals surface area contributed by atoms with E-state index in [1.54, 1.807) is 29.7 Å². The van der Waals surface area contributed by atoms with Crippen LogP contribution in [0, 0.1) is 17.2 Å². The fraction of sp³-hybridized carbons (Fsp3) is 0.346. The molecule has 0 aliphatic heterocycles. The van der Waals surface area contributed by atoms with Crippen LogP contribution in [-0.2, 0) is 29.1 Å². The normalized spacial score (nSPS) is 13.0. The Morgan fingerprint density at radius 1 is 1.15 bits per heavy atom. The molecular weight excluding hydrogens is 454 g/mol. The third-order valence-electron chi connectivity index (χ3n) is 5.44. The maximum atomic E-state index is 12.8. The average molecular weight is 482 g/mol. The lowest BCUT2D eigenvalue weighted by Gasteiger charge is -2.13. The van der Waals surface area contributed by atoms with Gasteiger partial charge in [-0.05, 0) is 43.5 Å². The highest BCUT2D eigenvalue weighted by atomic mass is 35.5. The van der Waals surface area contributed by atoms with Gasteiger partial charge in [-0.25, -0.2) is 4.79 Å². The summed E-state index contributed by atoms with van der Waals surface area (Å²) in [5.41, 5.74) is 2.11. The highest BCUT2D eigenvalue weighted by molar-refractivity contribution is 6.26. The van der Waals surface area contributed by atoms with Crippen molar-refractivity contribution < 1.29 is 9.59 Å². The van der Waals surface area contributed by atoms with Crippen LogP contribution >= 0.6 is 11.6 Å². The summed E-state index contributed by atoms with van der Waals surface area (Å²) < 4.78 is 2.74. The number of nitriles is 1. The lowest BCUT2D eigenvalue weighted by atomic mass is 9.93. The first-order chi connectivity index (χ1) is 16.3. The van der Waals surface area contributed by atoms with Crippen molar-refractivity contribution in [3.8, 4) is 6.07 Å². The summed E-state index contributed by atoms with van der Waals surface area (Å²) in [6, 6.07) is 6.99. The molecule has 2 aromatic rings. The van der Waals surface area contributed by atoms with E-state index in [1.165, 1.54) is 34.4 Å². The second-order valence-electron chi connectivity index (χ2n) is 7.98. The molecule has 8 heteroatoms. The monoisotopic (exact) mass is 481 g/mol. The number of allylic oxidation sites excluding steroid dienone is 5. The molecule has 0 bridgehead atoms. The van der Waals surface area contributed by atoms with Crippen molar-refractivity contribution in [1.29, 1.82) is 5.26 Å². The van der Waals surface area contributed by atoms with Gasteiger partial charge in [-0.1, -0.05) is 36.7 Å². The van der Waals surface area contributed by atoms with Crippen LogP contribution in [0.3, 0.4) is 0 Å². The van der Waals surface area contributed by atoms with Gasteiger partial charge in [0.15, 0.2) is 5.78 Å². The number of halogens is 1. The van der Waals surface area contributed by atoms with Crippen molar-refractivity contribution in [3.63, 3.8) is 0 Å². The van der Waals surface area contributed by atoms with Crippen molar-refractivity contribution >= 4 is 34.1 Å². The Bertz CT molecular complexity index is 1320. The van der Waals surface area contributed by atoms with E-state index in [4.69, 9.17) is 16.9 Å². The molecule has 0 spiro atoms. The van der Waals surface area contributed by atoms with Gasteiger partial charge in [-0.3, -0.25) is 23.5 Å². The van der Waals surface area contributed by atoms with Crippen molar-refractivity contribution in [2.45, 2.75) is 53.1 Å². The van der Waals surface area contributed by atoms with Crippen LogP contribution in [0.4, 0.5) is 0 Å². The molecule has 1 unspecified atom stereocenters. The van der Waals surface area contributed by atoms with Gasteiger partial charge in [0, 0.05) is 49.5 Å². The van der Waals surface area contributed by atoms with E-state index >= 15 is 0 Å². The first kappa shape index (κ1) is 26.7. The number of carbonyl (C=O) groups is 2. The lowest BCUT2D eigenvalue weighted by molar-refractivity contribution is -0.120. The fourth-order valence-electron chi connectivity index (χ4n) is 3.86. The number of carbonyl (C=O) groups excluding carboxylic acids is 2. The van der Waals surface area contributed by atoms with Crippen molar-refractivity contribution in [3.05, 3.63) is 80.0 Å². The summed E-state index contributed by atoms with van der Waals surface area (Å²) in [4.78, 5) is 50.5. The standard InChI is InChI=1S/C26H28ClN3O4/c1-4-29-23-10-9-19(17-22(23)25(33)30(5-2)26(29)34)16-21(31)14-18(3)15-24(32)20(11-12-27)8-6-7-13-28/h6-12,17-18H,4-5,14-16H2,1-3H3/b7-6+,12-11+,20-8+. The number of Topliss-reactive ketones (excluding diaryl/α,β-unsaturated/α-hetero) is 2. The Labute approximate surface area is 203 Å². The number of benzene rings is 1. The lowest BCUT2D eigenvalue weighted by Crippen LogP contribution is -2.39. The molecule has 0 fully saturated rings. The number of ketones is 2. The molecule has 0 radical (unpaired) electrons. The predicted octanol–water partition coefficient (Wildman–Crippen LogP) is 4.06. The van der Waals surface area contributed by atoms with Crippen molar-refractivity contribution in [1.82, 2.24) is 9.13 Å². The molecule has 1 heterocycles. The van der Waals surface area contributed by atoms with E-state index in [0.717, 1.165) is 0 Å². The summed E-state index contributed by atoms with van der Waals surface area (Å²) in [7, 11) is 0. The molecule has 178 valence electrons. The first-order valence-corrected chi connectivity index (χ1v) is 11.5. The molecule has 2 rings (SSSR count). The Balaban J connectivity index is 2.17. The third kappa shape index (κ3) is 6.52. The minimum absolute atomic E-state index is 0.0536. The fourth-order valence-corrected chi connectivity index (χ4v) is 4.00. The minimum atomic E-state index is -0.363. The van der Waals surface area contributed by atoms with Crippen LogP contribution in [0.1, 0.15) is 39.2 Å². The largest absolute Gasteiger partial charge is 0.331 e. The zero-order chi connectivity index (χ0) is 25.3. The number of aryl methyl sites for hydroxylation is 1. The van der Waals surface area contributed by atoms with E-state index in [1.807, 2.05) is 19.9 Å². The highest BCUT2D eigenvalue weighted by Crippen LogP contribution is 2.17. The summed E-state index contributed by atoms with van der Waals surface area (Å²) in [6.07, 6.45) is 6.15. The van der Waals surface area contributed by atoms with Gasteiger partial charge in [0.25, 0.3) is 5.56 Å². The van der Waals surface area contributed by atoms with Crippen molar-refractivity contribution in [2.24, 2.45) is 5.92 Å². The molecular formula is C26H28ClN3O4. The molecule has 0 aliphatic carbocycles. The number of rotatable bonds is 11. The van der Waals surface area contributed by atoms with Crippen LogP contribution < -0.4 is 11.2 Å². The molecule has 1 atom stereocenters. The second kappa shape index (κ2) is 12.7. The van der Waals surface area contributed by atoms with Crippen LogP contribution in [0.25, 0.3) is 10.9 Å². The van der Waals surface area contributed by atoms with Gasteiger partial charge in [0.1, 0.15) is 5.78 Å². The van der Waals surface area contributed by atoms with E-state index in [-0.39, 0.29) is 54.5 Å². The quantitative estimate of drug-likeness (QED) is 0.273. The summed E-state index contributed by atoms with van der Waals surface area (Å²) in [5, 5.41) is 8.99. The second-order valence-corrected chi connectivity index (χ2v) is 8.23. The number of hydrogen-bond donors (Lipinski definition) is 0. The zero-order valence-corrected chi connectivity index (χ0v) is 20.3. The molecule has 1 aromatic carbocycles. The van der Waals surface area contributed by atoms with Crippen LogP contribution in [0.2, 0.25) is 0 Å². The van der Waals surface area contributed by atoms with Crippen LogP contribution in [0.5, 0.6) is 0 Å². The van der Waals surface area contributed by atoms with Gasteiger partial charge < -0.3 is 0 Å². The molecule has 0 amide bonds. The maximum Gasteiger partial charge on any atom is 0.331 e. The molecule has 34 heavy (non-hydrogen) atoms. The minimum Gasteiger partial charge on any atom is -0.299 e. The zero-order valence-electron chi connectivity index (χ0n) is 19.6. The molecule has 0 N–H and O–H groups in total. The van der Waals surface area contributed by atoms with E-state index in [9.17, 15) is 19.2 Å². The van der Waals surface area contributed by atoms with E-state index in [0.29, 0.717) is 28.6 Å². The molecule has 0 aliphatic rings. The van der Waals surface area contributed by atoms with Crippen LogP contribution in [-0.4, -0.2) is 20.7 Å². The van der Waals surface area contributed by atoms with Gasteiger partial charge in [0.2, 0.25) is 0 Å². The predicted molar refractivity (Wildman–Crippen MR) is 134 cm³/mol. The summed E-state index contributed by atoms with van der Waals surface area (Å²) >= 11 is 5.60. The van der Waals surface area contributed by atoms with Gasteiger partial charge in [-0.15, -0.1) is 0 Å². The van der Waals surface area contributed by atoms with Crippen molar-refractivity contribution in [2.75, 3.05) is 0 Å². The Hall–Kier alpha value is -3.50. The molecule has 0 saturated carbocycles. The first-order valence-electron chi connectivity index (χ1n) is 11.1. The SMILES string of the molecule is CCn1c(=O)c2cc(CC(=O)CC(C)CC(=O)C(/C=C/Cl)=C/C=C/C#N)ccc2n(CC)c1=O. The molecule has 1 aromatic heterocycles. The number of hydrogen-bond acceptors (Lipinski definition) is 5. The summed E-state index contributed by atoms with van der Waals surface area (Å²) in [6.45, 7) is 6.11. The van der Waals surface area contributed by atoms with Gasteiger partial charge in [-0.2, -0.15) is 5.26 Å². The maximum absolute atomic E-state index is 12.8. The number of nitrogens with zero attached hydrogens (tertiary/aromatic N) is 3. The van der Waals surface area contributed by atoms with E-state index < -0.39 is 0 Å². The molecule has 7 nitrogen and oxygen atoms in total. The third-order valence-corrected chi connectivity index (χ3v) is 5.57. The van der Waals surface area contributed by atoms with Gasteiger partial charge >= 0.3 is 5.69 Å². The summed E-state index contributed by atoms with van der Waals surface area (Å²) in [5.74, 6) is -0.430. The topological polar surface area (TPSA) is 102 Å². The van der Waals surface area contributed by atoms with E-state index in [2.05, 4.69) is 0 Å². The number of aromatic nitrogens is 2. The Morgan fingerprint density at radius 3 is 2.47 bits per heavy atom. The Kier molecular flexibility index (Phi) is 9.96. The number of fused-ring (bicyclic) bond motifs is 1. The highest BCUT2D eigenvalue weighted by Gasteiger charge is 2.17. The van der Waals surface area contributed by atoms with Gasteiger partial charge in [0.05, 0.1) is 17.0 Å². The van der Waals surface area contributed by atoms with Crippen LogP contribution in [0.15, 0.2) is 63.2 Å². The smallest absolute Gasteiger partial charge is 0.299 e.